The molecule has 0 aromatic carbocycles. The van der Waals surface area contributed by atoms with Gasteiger partial charge in [-0.1, -0.05) is 0 Å². The van der Waals surface area contributed by atoms with Gasteiger partial charge < -0.3 is 15.0 Å². The molecule has 1 N–H and O–H groups in total. The molecule has 0 bridgehead atoms. The lowest BCUT2D eigenvalue weighted by Gasteiger charge is -2.23. The molecule has 1 atom stereocenters. The van der Waals surface area contributed by atoms with Gasteiger partial charge in [0.2, 0.25) is 0 Å². The zero-order valence-electron chi connectivity index (χ0n) is 15.0. The molecule has 8 heteroatoms. The third-order valence-corrected chi connectivity index (χ3v) is 6.55. The highest BCUT2D eigenvalue weighted by atomic mass is 127. The fraction of sp³-hybridized carbons (Fsp3) is 0.933. The van der Waals surface area contributed by atoms with Crippen molar-refractivity contribution < 1.29 is 13.2 Å². The summed E-state index contributed by atoms with van der Waals surface area (Å²) in [6.07, 6.45) is 1.08. The molecule has 0 spiro atoms. The predicted octanol–water partition coefficient (Wildman–Crippen LogP) is 1.75. The predicted molar refractivity (Wildman–Crippen MR) is 106 cm³/mol. The molecule has 0 aromatic rings. The highest BCUT2D eigenvalue weighted by Crippen LogP contribution is 2.17. The zero-order chi connectivity index (χ0) is 16.8. The summed E-state index contributed by atoms with van der Waals surface area (Å²) >= 11 is 0. The van der Waals surface area contributed by atoms with E-state index in [4.69, 9.17) is 4.74 Å². The highest BCUT2D eigenvalue weighted by molar-refractivity contribution is 14.0. The molecule has 1 rings (SSSR count). The van der Waals surface area contributed by atoms with Crippen LogP contribution in [0, 0.1) is 5.92 Å². The van der Waals surface area contributed by atoms with E-state index in [0.29, 0.717) is 12.5 Å². The molecule has 0 radical (unpaired) electrons. The van der Waals surface area contributed by atoms with Gasteiger partial charge in [-0.25, -0.2) is 8.42 Å². The molecule has 0 aromatic heterocycles. The average molecular weight is 461 g/mol. The number of sulfone groups is 1. The van der Waals surface area contributed by atoms with Gasteiger partial charge in [0, 0.05) is 39.2 Å². The maximum Gasteiger partial charge on any atom is 0.193 e. The summed E-state index contributed by atoms with van der Waals surface area (Å²) in [6, 6.07) is 0. The Kier molecular flexibility index (Phi) is 9.99. The number of ether oxygens (including phenoxy) is 1. The molecule has 1 aliphatic heterocycles. The second-order valence-electron chi connectivity index (χ2n) is 6.67. The van der Waals surface area contributed by atoms with E-state index in [0.717, 1.165) is 38.7 Å². The zero-order valence-corrected chi connectivity index (χ0v) is 18.1. The Balaban J connectivity index is 0.00000484. The van der Waals surface area contributed by atoms with Crippen LogP contribution < -0.4 is 5.32 Å². The number of nitrogens with zero attached hydrogens (tertiary/aromatic N) is 2. The van der Waals surface area contributed by atoms with Crippen LogP contribution in [0.4, 0.5) is 0 Å². The molecular formula is C15H32IN3O3S. The van der Waals surface area contributed by atoms with Crippen LogP contribution in [0.3, 0.4) is 0 Å². The van der Waals surface area contributed by atoms with Crippen LogP contribution in [-0.4, -0.2) is 69.7 Å². The number of hydrogen-bond acceptors (Lipinski definition) is 4. The van der Waals surface area contributed by atoms with E-state index in [-0.39, 0.29) is 29.7 Å². The summed E-state index contributed by atoms with van der Waals surface area (Å²) in [7, 11) is -1.37. The Morgan fingerprint density at radius 3 is 2.57 bits per heavy atom. The van der Waals surface area contributed by atoms with Crippen molar-refractivity contribution >= 4 is 39.8 Å². The Hall–Kier alpha value is -0.0900. The van der Waals surface area contributed by atoms with Crippen LogP contribution in [0.15, 0.2) is 4.99 Å². The van der Waals surface area contributed by atoms with Crippen molar-refractivity contribution in [3.05, 3.63) is 0 Å². The lowest BCUT2D eigenvalue weighted by molar-refractivity contribution is 0.114. The number of hydrogen-bond donors (Lipinski definition) is 1. The third-order valence-electron chi connectivity index (χ3n) is 3.94. The smallest absolute Gasteiger partial charge is 0.193 e. The van der Waals surface area contributed by atoms with Gasteiger partial charge in [0.25, 0.3) is 0 Å². The SMILES string of the molecule is CCOCC1CCN(C(=NC)NCCS(=O)(=O)C(C)(C)C)C1.I. The van der Waals surface area contributed by atoms with E-state index >= 15 is 0 Å². The van der Waals surface area contributed by atoms with Gasteiger partial charge >= 0.3 is 0 Å². The molecular weight excluding hydrogens is 429 g/mol. The number of aliphatic imine (C=N–C) groups is 1. The number of rotatable bonds is 6. The normalized spacial score (nSPS) is 19.6. The van der Waals surface area contributed by atoms with E-state index < -0.39 is 14.6 Å². The summed E-state index contributed by atoms with van der Waals surface area (Å²) in [6.45, 7) is 11.0. The Labute approximate surface area is 158 Å². The maximum absolute atomic E-state index is 12.1. The van der Waals surface area contributed by atoms with Gasteiger partial charge in [0.15, 0.2) is 15.8 Å². The molecule has 23 heavy (non-hydrogen) atoms. The molecule has 0 aliphatic carbocycles. The van der Waals surface area contributed by atoms with E-state index in [1.165, 1.54) is 0 Å². The molecule has 1 heterocycles. The molecule has 1 saturated heterocycles. The van der Waals surface area contributed by atoms with Gasteiger partial charge in [-0.15, -0.1) is 24.0 Å². The van der Waals surface area contributed by atoms with E-state index in [1.54, 1.807) is 27.8 Å². The fourth-order valence-corrected chi connectivity index (χ4v) is 3.36. The topological polar surface area (TPSA) is 71.0 Å². The van der Waals surface area contributed by atoms with Gasteiger partial charge in [-0.2, -0.15) is 0 Å². The number of nitrogens with one attached hydrogen (secondary N) is 1. The third kappa shape index (κ3) is 7.13. The van der Waals surface area contributed by atoms with Crippen molar-refractivity contribution in [1.82, 2.24) is 10.2 Å². The van der Waals surface area contributed by atoms with Crippen LogP contribution >= 0.6 is 24.0 Å². The van der Waals surface area contributed by atoms with Gasteiger partial charge in [0.05, 0.1) is 17.1 Å². The monoisotopic (exact) mass is 461 g/mol. The van der Waals surface area contributed by atoms with Gasteiger partial charge in [-0.05, 0) is 34.1 Å². The Bertz CT molecular complexity index is 475. The van der Waals surface area contributed by atoms with Crippen LogP contribution in [0.1, 0.15) is 34.1 Å². The minimum absolute atomic E-state index is 0. The minimum Gasteiger partial charge on any atom is -0.381 e. The van der Waals surface area contributed by atoms with Crippen molar-refractivity contribution in [3.8, 4) is 0 Å². The maximum atomic E-state index is 12.1. The number of likely N-dealkylation sites (tertiary alicyclic amines) is 1. The second-order valence-corrected chi connectivity index (χ2v) is 9.53. The van der Waals surface area contributed by atoms with Crippen molar-refractivity contribution in [2.24, 2.45) is 10.9 Å². The average Bonchev–Trinajstić information content (AvgIpc) is 2.88. The molecule has 0 saturated carbocycles. The number of halogens is 1. The standard InChI is InChI=1S/C15H31N3O3S.HI/c1-6-21-12-13-7-9-18(11-13)14(16-5)17-8-10-22(19,20)15(2,3)4;/h13H,6-12H2,1-5H3,(H,16,17);1H. The van der Waals surface area contributed by atoms with E-state index in [2.05, 4.69) is 15.2 Å². The molecule has 1 unspecified atom stereocenters. The summed E-state index contributed by atoms with van der Waals surface area (Å²) in [5, 5.41) is 3.17. The van der Waals surface area contributed by atoms with Crippen molar-refractivity contribution in [3.63, 3.8) is 0 Å². The molecule has 138 valence electrons. The van der Waals surface area contributed by atoms with Gasteiger partial charge in [-0.3, -0.25) is 4.99 Å². The summed E-state index contributed by atoms with van der Waals surface area (Å²) in [5.41, 5.74) is 0. The van der Waals surface area contributed by atoms with Gasteiger partial charge in [0.1, 0.15) is 0 Å². The Morgan fingerprint density at radius 1 is 1.39 bits per heavy atom. The van der Waals surface area contributed by atoms with Crippen LogP contribution in [0.25, 0.3) is 0 Å². The van der Waals surface area contributed by atoms with E-state index in [9.17, 15) is 8.42 Å². The minimum atomic E-state index is -3.10. The first-order valence-corrected chi connectivity index (χ1v) is 9.62. The lowest BCUT2D eigenvalue weighted by Crippen LogP contribution is -2.43. The molecule has 6 nitrogen and oxygen atoms in total. The molecule has 1 aliphatic rings. The van der Waals surface area contributed by atoms with Crippen molar-refractivity contribution in [2.75, 3.05) is 45.6 Å². The summed E-state index contributed by atoms with van der Waals surface area (Å²) < 4.78 is 29.0. The first kappa shape index (κ1) is 22.9. The first-order valence-electron chi connectivity index (χ1n) is 7.97. The van der Waals surface area contributed by atoms with Crippen LogP contribution in [0.2, 0.25) is 0 Å². The van der Waals surface area contributed by atoms with Crippen LogP contribution in [-0.2, 0) is 14.6 Å². The fourth-order valence-electron chi connectivity index (χ4n) is 2.38. The van der Waals surface area contributed by atoms with Crippen LogP contribution in [0.5, 0.6) is 0 Å². The van der Waals surface area contributed by atoms with Crippen molar-refractivity contribution in [2.45, 2.75) is 38.9 Å². The number of guanidine groups is 1. The van der Waals surface area contributed by atoms with Crippen molar-refractivity contribution in [1.29, 1.82) is 0 Å². The molecule has 0 amide bonds. The quantitative estimate of drug-likeness (QED) is 0.371. The highest BCUT2D eigenvalue weighted by Gasteiger charge is 2.29. The summed E-state index contributed by atoms with van der Waals surface area (Å²) in [4.78, 5) is 6.44. The first-order chi connectivity index (χ1) is 10.2. The Morgan fingerprint density at radius 2 is 2.04 bits per heavy atom. The van der Waals surface area contributed by atoms with E-state index in [1.807, 2.05) is 6.92 Å². The molecule has 1 fully saturated rings. The lowest BCUT2D eigenvalue weighted by atomic mass is 10.1. The second kappa shape index (κ2) is 10.0. The summed E-state index contributed by atoms with van der Waals surface area (Å²) in [5.74, 6) is 1.42. The largest absolute Gasteiger partial charge is 0.381 e.